The van der Waals surface area contributed by atoms with Gasteiger partial charge in [-0.15, -0.1) is 11.3 Å². The van der Waals surface area contributed by atoms with Crippen LogP contribution in [0.2, 0.25) is 0 Å². The molecule has 1 aromatic carbocycles. The van der Waals surface area contributed by atoms with Gasteiger partial charge in [-0.2, -0.15) is 0 Å². The van der Waals surface area contributed by atoms with Crippen LogP contribution in [0.25, 0.3) is 21.3 Å². The van der Waals surface area contributed by atoms with E-state index in [1.165, 1.54) is 24.0 Å². The predicted molar refractivity (Wildman–Crippen MR) is 131 cm³/mol. The minimum absolute atomic E-state index is 0.124. The van der Waals surface area contributed by atoms with Crippen molar-refractivity contribution in [3.8, 4) is 11.1 Å². The van der Waals surface area contributed by atoms with Crippen molar-refractivity contribution < 1.29 is 9.21 Å². The van der Waals surface area contributed by atoms with Gasteiger partial charge in [0.2, 0.25) is 0 Å². The van der Waals surface area contributed by atoms with E-state index in [9.17, 15) is 4.79 Å². The molecule has 4 heterocycles. The monoisotopic (exact) mass is 458 g/mol. The van der Waals surface area contributed by atoms with Crippen LogP contribution in [-0.2, 0) is 0 Å². The summed E-state index contributed by atoms with van der Waals surface area (Å²) in [5.74, 6) is 2.83. The lowest BCUT2D eigenvalue weighted by molar-refractivity contribution is 0.0902. The minimum Gasteiger partial charge on any atom is -0.459 e. The van der Waals surface area contributed by atoms with Crippen LogP contribution in [0.15, 0.2) is 52.5 Å². The topological polar surface area (TPSA) is 71.3 Å². The van der Waals surface area contributed by atoms with Crippen molar-refractivity contribution in [3.05, 3.63) is 65.2 Å². The maximum Gasteiger partial charge on any atom is 0.287 e. The van der Waals surface area contributed by atoms with E-state index >= 15 is 0 Å². The highest BCUT2D eigenvalue weighted by Crippen LogP contribution is 2.43. The molecule has 6 nitrogen and oxygen atoms in total. The van der Waals surface area contributed by atoms with Gasteiger partial charge in [-0.05, 0) is 44.2 Å². The van der Waals surface area contributed by atoms with E-state index in [1.54, 1.807) is 17.6 Å². The largest absolute Gasteiger partial charge is 0.459 e. The van der Waals surface area contributed by atoms with Crippen molar-refractivity contribution in [1.29, 1.82) is 0 Å². The molecule has 3 aromatic heterocycles. The Morgan fingerprint density at radius 2 is 1.88 bits per heavy atom. The molecule has 0 atom stereocenters. The zero-order valence-electron chi connectivity index (χ0n) is 18.6. The van der Waals surface area contributed by atoms with Crippen LogP contribution in [-0.4, -0.2) is 35.0 Å². The number of nitrogens with zero attached hydrogens (tertiary/aromatic N) is 3. The maximum absolute atomic E-state index is 12.6. The zero-order chi connectivity index (χ0) is 22.4. The van der Waals surface area contributed by atoms with Gasteiger partial charge in [0.15, 0.2) is 5.76 Å². The average molecular weight is 459 g/mol. The Hall–Kier alpha value is -3.19. The summed E-state index contributed by atoms with van der Waals surface area (Å²) in [6, 6.07) is 12.5. The number of aryl methyl sites for hydroxylation is 1. The van der Waals surface area contributed by atoms with Gasteiger partial charge in [0.05, 0.1) is 11.6 Å². The van der Waals surface area contributed by atoms with Crippen LogP contribution in [0.4, 0.5) is 5.82 Å². The van der Waals surface area contributed by atoms with Crippen LogP contribution >= 0.6 is 11.3 Å². The van der Waals surface area contributed by atoms with Crippen molar-refractivity contribution in [2.75, 3.05) is 18.0 Å². The lowest BCUT2D eigenvalue weighted by Gasteiger charge is -2.33. The van der Waals surface area contributed by atoms with Crippen LogP contribution in [0.5, 0.6) is 0 Å². The Kier molecular flexibility index (Phi) is 5.14. The van der Waals surface area contributed by atoms with E-state index in [0.29, 0.717) is 11.7 Å². The first-order valence-electron chi connectivity index (χ1n) is 11.6. The molecular formula is C26H26N4O2S. The molecule has 1 N–H and O–H groups in total. The van der Waals surface area contributed by atoms with Gasteiger partial charge in [-0.25, -0.2) is 9.97 Å². The van der Waals surface area contributed by atoms with Gasteiger partial charge in [0.1, 0.15) is 16.5 Å². The zero-order valence-corrected chi connectivity index (χ0v) is 19.4. The molecule has 7 heteroatoms. The number of hydrogen-bond acceptors (Lipinski definition) is 6. The van der Waals surface area contributed by atoms with Gasteiger partial charge in [0, 0.05) is 41.6 Å². The average Bonchev–Trinajstić information content (AvgIpc) is 3.47. The first-order valence-corrected chi connectivity index (χ1v) is 12.5. The smallest absolute Gasteiger partial charge is 0.287 e. The molecule has 0 radical (unpaired) electrons. The van der Waals surface area contributed by atoms with Crippen molar-refractivity contribution in [2.45, 2.75) is 44.6 Å². The third-order valence-corrected chi connectivity index (χ3v) is 7.53. The van der Waals surface area contributed by atoms with E-state index < -0.39 is 0 Å². The third-order valence-electron chi connectivity index (χ3n) is 6.66. The standard InChI is InChI=1S/C26H26N4O2S/c1-16-11-14-32-22(16)25(31)27-19-9-12-30(13-10-19)24-21-20(17-5-3-2-4-6-17)15-33-26(21)29-23(28-24)18-7-8-18/h2-6,11,14-15,18-19H,7-10,12-13H2,1H3,(H,27,31). The van der Waals surface area contributed by atoms with Crippen LogP contribution < -0.4 is 10.2 Å². The normalized spacial score (nSPS) is 16.9. The molecule has 1 aliphatic heterocycles. The molecule has 0 unspecified atom stereocenters. The summed E-state index contributed by atoms with van der Waals surface area (Å²) in [7, 11) is 0. The molecule has 1 saturated carbocycles. The molecular weight excluding hydrogens is 432 g/mol. The summed E-state index contributed by atoms with van der Waals surface area (Å²) in [5, 5.41) is 6.53. The van der Waals surface area contributed by atoms with Crippen LogP contribution in [0, 0.1) is 6.92 Å². The first-order chi connectivity index (χ1) is 16.2. The van der Waals surface area contributed by atoms with Crippen molar-refractivity contribution >= 4 is 33.3 Å². The van der Waals surface area contributed by atoms with Gasteiger partial charge < -0.3 is 14.6 Å². The third kappa shape index (κ3) is 3.91. The maximum atomic E-state index is 12.6. The molecule has 1 amide bonds. The Labute approximate surface area is 196 Å². The number of amides is 1. The number of piperidine rings is 1. The highest BCUT2D eigenvalue weighted by Gasteiger charge is 2.31. The molecule has 1 aliphatic carbocycles. The fraction of sp³-hybridized carbons (Fsp3) is 0.346. The highest BCUT2D eigenvalue weighted by atomic mass is 32.1. The summed E-state index contributed by atoms with van der Waals surface area (Å²) < 4.78 is 5.36. The van der Waals surface area contributed by atoms with E-state index in [2.05, 4.69) is 39.9 Å². The van der Waals surface area contributed by atoms with Gasteiger partial charge in [-0.3, -0.25) is 4.79 Å². The molecule has 33 heavy (non-hydrogen) atoms. The Morgan fingerprint density at radius 3 is 2.58 bits per heavy atom. The molecule has 168 valence electrons. The SMILES string of the molecule is Cc1ccoc1C(=O)NC1CCN(c2nc(C3CC3)nc3scc(-c4ccccc4)c23)CC1. The summed E-state index contributed by atoms with van der Waals surface area (Å²) in [6.07, 6.45) is 5.68. The number of nitrogens with one attached hydrogen (secondary N) is 1. The van der Waals surface area contributed by atoms with Crippen LogP contribution in [0.1, 0.15) is 53.5 Å². The second-order valence-electron chi connectivity index (χ2n) is 9.04. The Balaban J connectivity index is 1.27. The molecule has 1 saturated heterocycles. The first kappa shape index (κ1) is 20.4. The summed E-state index contributed by atoms with van der Waals surface area (Å²) in [4.78, 5) is 26.1. The molecule has 2 aliphatic rings. The van der Waals surface area contributed by atoms with E-state index in [4.69, 9.17) is 14.4 Å². The fourth-order valence-electron chi connectivity index (χ4n) is 4.61. The number of furan rings is 1. The van der Waals surface area contributed by atoms with Crippen LogP contribution in [0.3, 0.4) is 0 Å². The number of thiophene rings is 1. The number of rotatable bonds is 5. The number of benzene rings is 1. The quantitative estimate of drug-likeness (QED) is 0.425. The van der Waals surface area contributed by atoms with Gasteiger partial charge in [-0.1, -0.05) is 30.3 Å². The molecule has 0 bridgehead atoms. The van der Waals surface area contributed by atoms with E-state index in [1.807, 2.05) is 19.1 Å². The van der Waals surface area contributed by atoms with Gasteiger partial charge in [0.25, 0.3) is 5.91 Å². The minimum atomic E-state index is -0.124. The highest BCUT2D eigenvalue weighted by molar-refractivity contribution is 7.17. The number of aromatic nitrogens is 2. The number of fused-ring (bicyclic) bond motifs is 1. The van der Waals surface area contributed by atoms with Gasteiger partial charge >= 0.3 is 0 Å². The van der Waals surface area contributed by atoms with E-state index in [-0.39, 0.29) is 11.9 Å². The fourth-order valence-corrected chi connectivity index (χ4v) is 5.56. The predicted octanol–water partition coefficient (Wildman–Crippen LogP) is 5.54. The Bertz CT molecular complexity index is 1300. The Morgan fingerprint density at radius 1 is 1.09 bits per heavy atom. The second kappa shape index (κ2) is 8.30. The number of carbonyl (C=O) groups excluding carboxylic acids is 1. The lowest BCUT2D eigenvalue weighted by Crippen LogP contribution is -2.45. The van der Waals surface area contributed by atoms with Crippen molar-refractivity contribution in [1.82, 2.24) is 15.3 Å². The van der Waals surface area contributed by atoms with Crippen molar-refractivity contribution in [2.24, 2.45) is 0 Å². The molecule has 2 fully saturated rings. The molecule has 6 rings (SSSR count). The summed E-state index contributed by atoms with van der Waals surface area (Å²) in [6.45, 7) is 3.59. The number of carbonyl (C=O) groups is 1. The lowest BCUT2D eigenvalue weighted by atomic mass is 10.0. The van der Waals surface area contributed by atoms with E-state index in [0.717, 1.165) is 53.4 Å². The summed E-state index contributed by atoms with van der Waals surface area (Å²) >= 11 is 1.71. The number of hydrogen-bond donors (Lipinski definition) is 1. The second-order valence-corrected chi connectivity index (χ2v) is 9.90. The number of anilines is 1. The molecule has 0 spiro atoms. The molecule has 4 aromatic rings. The summed E-state index contributed by atoms with van der Waals surface area (Å²) in [5.41, 5.74) is 3.27. The van der Waals surface area contributed by atoms with Crippen molar-refractivity contribution in [3.63, 3.8) is 0 Å².